The van der Waals surface area contributed by atoms with Crippen molar-refractivity contribution in [3.05, 3.63) is 48.0 Å². The highest BCUT2D eigenvalue weighted by Crippen LogP contribution is 2.17. The number of carbonyl (C=O) groups excluding carboxylic acids is 3. The lowest BCUT2D eigenvalue weighted by atomic mass is 10.0. The van der Waals surface area contributed by atoms with Crippen LogP contribution in [-0.4, -0.2) is 88.6 Å². The zero-order chi connectivity index (χ0) is 29.2. The molecule has 1 aliphatic heterocycles. The first-order chi connectivity index (χ1) is 19.0. The number of aliphatic imine (C=N–C) groups is 1. The number of urea groups is 1. The highest BCUT2D eigenvalue weighted by molar-refractivity contribution is 5.94. The predicted octanol–water partition coefficient (Wildman–Crippen LogP) is -0.641. The molecule has 0 unspecified atom stereocenters. The third-order valence-electron chi connectivity index (χ3n) is 6.29. The third kappa shape index (κ3) is 8.85. The molecule has 3 atom stereocenters. The van der Waals surface area contributed by atoms with Gasteiger partial charge in [0.2, 0.25) is 11.8 Å². The maximum absolute atomic E-state index is 12.9. The molecule has 3 rings (SSSR count). The predicted molar refractivity (Wildman–Crippen MR) is 145 cm³/mol. The van der Waals surface area contributed by atoms with Gasteiger partial charge in [-0.2, -0.15) is 0 Å². The zero-order valence-electron chi connectivity index (χ0n) is 21.7. The number of fused-ring (bicyclic) bond motifs is 1. The maximum Gasteiger partial charge on any atom is 0.326 e. The molecule has 0 aromatic heterocycles. The van der Waals surface area contributed by atoms with Gasteiger partial charge in [0.15, 0.2) is 5.96 Å². The Hall–Kier alpha value is -4.88. The molecule has 40 heavy (non-hydrogen) atoms. The molecule has 2 aromatic carbocycles. The largest absolute Gasteiger partial charge is 0.481 e. The Kier molecular flexibility index (Phi) is 10.2. The van der Waals surface area contributed by atoms with Crippen molar-refractivity contribution in [2.45, 2.75) is 43.8 Å². The van der Waals surface area contributed by atoms with E-state index < -0.39 is 54.8 Å². The smallest absolute Gasteiger partial charge is 0.326 e. The number of amides is 4. The van der Waals surface area contributed by atoms with Gasteiger partial charge in [-0.05, 0) is 29.2 Å². The van der Waals surface area contributed by atoms with Gasteiger partial charge in [0.1, 0.15) is 18.6 Å². The summed E-state index contributed by atoms with van der Waals surface area (Å²) >= 11 is 0. The molecule has 0 saturated carbocycles. The molecule has 0 radical (unpaired) electrons. The standard InChI is InChI=1S/C26H33N7O7/c27-25(28)29-9-3-6-18-13-33(26(40)30-18)14-21(34)31-19(12-22(35)36)23(37)32-20(24(38)39)11-15-7-8-16-4-1-2-5-17(16)10-15/h1-2,4-5,7-8,10,18-20H,3,6,9,11-14H2,(H,30,40)(H,31,34)(H,32,37)(H,35,36)(H,38,39)(H4,27,28,29)/t18-,19-,20-/m0/s1. The molecule has 1 heterocycles. The number of carbonyl (C=O) groups is 5. The minimum atomic E-state index is -1.55. The Balaban J connectivity index is 1.59. The van der Waals surface area contributed by atoms with Crippen LogP contribution in [0.2, 0.25) is 0 Å². The fourth-order valence-electron chi connectivity index (χ4n) is 4.38. The average Bonchev–Trinajstić information content (AvgIpc) is 3.23. The minimum Gasteiger partial charge on any atom is -0.481 e. The van der Waals surface area contributed by atoms with Gasteiger partial charge in [-0.25, -0.2) is 9.59 Å². The number of rotatable bonds is 14. The molecule has 0 bridgehead atoms. The number of carboxylic acid groups (broad SMARTS) is 2. The van der Waals surface area contributed by atoms with Gasteiger partial charge in [0.25, 0.3) is 0 Å². The number of nitrogens with zero attached hydrogens (tertiary/aromatic N) is 2. The van der Waals surface area contributed by atoms with E-state index >= 15 is 0 Å². The van der Waals surface area contributed by atoms with Crippen molar-refractivity contribution in [1.29, 1.82) is 0 Å². The maximum atomic E-state index is 12.9. The second-order valence-electron chi connectivity index (χ2n) is 9.48. The number of nitrogens with one attached hydrogen (secondary N) is 3. The normalized spacial score (nSPS) is 16.1. The monoisotopic (exact) mass is 555 g/mol. The number of aliphatic carboxylic acids is 2. The van der Waals surface area contributed by atoms with Crippen molar-refractivity contribution in [2.24, 2.45) is 16.5 Å². The summed E-state index contributed by atoms with van der Waals surface area (Å²) in [4.78, 5) is 66.2. The van der Waals surface area contributed by atoms with E-state index in [0.717, 1.165) is 10.8 Å². The summed E-state index contributed by atoms with van der Waals surface area (Å²) in [5.74, 6) is -4.45. The van der Waals surface area contributed by atoms with Crippen molar-refractivity contribution in [3.8, 4) is 0 Å². The Morgan fingerprint density at radius 2 is 1.77 bits per heavy atom. The van der Waals surface area contributed by atoms with Gasteiger partial charge in [-0.15, -0.1) is 0 Å². The van der Waals surface area contributed by atoms with Crippen LogP contribution in [0.15, 0.2) is 47.5 Å². The Labute approximate surface area is 229 Å². The van der Waals surface area contributed by atoms with Crippen LogP contribution in [0.3, 0.4) is 0 Å². The molecule has 2 aromatic rings. The molecule has 9 N–H and O–H groups in total. The average molecular weight is 556 g/mol. The number of benzene rings is 2. The molecular weight excluding hydrogens is 522 g/mol. The van der Waals surface area contributed by atoms with Crippen LogP contribution in [0.25, 0.3) is 10.8 Å². The fraction of sp³-hybridized carbons (Fsp3) is 0.385. The van der Waals surface area contributed by atoms with Gasteiger partial charge in [0.05, 0.1) is 6.42 Å². The molecule has 0 aliphatic carbocycles. The third-order valence-corrected chi connectivity index (χ3v) is 6.29. The first kappa shape index (κ1) is 29.7. The number of guanidine groups is 1. The van der Waals surface area contributed by atoms with Crippen LogP contribution in [0.1, 0.15) is 24.8 Å². The summed E-state index contributed by atoms with van der Waals surface area (Å²) in [5, 5.41) is 28.2. The Morgan fingerprint density at radius 3 is 2.45 bits per heavy atom. The van der Waals surface area contributed by atoms with E-state index in [1.165, 1.54) is 4.90 Å². The number of carboxylic acids is 2. The van der Waals surface area contributed by atoms with E-state index in [2.05, 4.69) is 20.9 Å². The minimum absolute atomic E-state index is 0.0305. The molecule has 0 spiro atoms. The molecule has 14 nitrogen and oxygen atoms in total. The van der Waals surface area contributed by atoms with Crippen LogP contribution >= 0.6 is 0 Å². The first-order valence-corrected chi connectivity index (χ1v) is 12.6. The molecule has 214 valence electrons. The lowest BCUT2D eigenvalue weighted by Crippen LogP contribution is -2.54. The summed E-state index contributed by atoms with van der Waals surface area (Å²) in [5.41, 5.74) is 11.2. The zero-order valence-corrected chi connectivity index (χ0v) is 21.7. The van der Waals surface area contributed by atoms with E-state index in [1.807, 2.05) is 36.4 Å². The van der Waals surface area contributed by atoms with Crippen LogP contribution < -0.4 is 27.4 Å². The van der Waals surface area contributed by atoms with E-state index in [1.54, 1.807) is 6.07 Å². The van der Waals surface area contributed by atoms with E-state index in [-0.39, 0.29) is 25.0 Å². The van der Waals surface area contributed by atoms with Gasteiger partial charge in [-0.1, -0.05) is 42.5 Å². The molecule has 14 heteroatoms. The van der Waals surface area contributed by atoms with E-state index in [0.29, 0.717) is 24.9 Å². The van der Waals surface area contributed by atoms with Crippen LogP contribution in [0.4, 0.5) is 4.79 Å². The molecule has 1 aliphatic rings. The Morgan fingerprint density at radius 1 is 1.05 bits per heavy atom. The van der Waals surface area contributed by atoms with Crippen molar-refractivity contribution in [2.75, 3.05) is 19.6 Å². The van der Waals surface area contributed by atoms with Crippen molar-refractivity contribution < 1.29 is 34.2 Å². The summed E-state index contributed by atoms with van der Waals surface area (Å²) in [7, 11) is 0. The first-order valence-electron chi connectivity index (χ1n) is 12.6. The highest BCUT2D eigenvalue weighted by atomic mass is 16.4. The van der Waals surface area contributed by atoms with Gasteiger partial charge in [0, 0.05) is 25.6 Å². The number of hydrogen-bond donors (Lipinski definition) is 7. The second-order valence-corrected chi connectivity index (χ2v) is 9.48. The van der Waals surface area contributed by atoms with Gasteiger partial charge in [-0.3, -0.25) is 19.4 Å². The lowest BCUT2D eigenvalue weighted by Gasteiger charge is -2.22. The number of nitrogens with two attached hydrogens (primary N) is 2. The molecule has 4 amide bonds. The Bertz CT molecular complexity index is 1300. The summed E-state index contributed by atoms with van der Waals surface area (Å²) in [6, 6.07) is 9.27. The lowest BCUT2D eigenvalue weighted by molar-refractivity contribution is -0.143. The van der Waals surface area contributed by atoms with E-state index in [9.17, 15) is 34.2 Å². The van der Waals surface area contributed by atoms with Crippen molar-refractivity contribution in [3.63, 3.8) is 0 Å². The van der Waals surface area contributed by atoms with E-state index in [4.69, 9.17) is 11.5 Å². The van der Waals surface area contributed by atoms with Crippen molar-refractivity contribution >= 4 is 46.5 Å². The summed E-state index contributed by atoms with van der Waals surface area (Å²) < 4.78 is 0. The fourth-order valence-corrected chi connectivity index (χ4v) is 4.38. The highest BCUT2D eigenvalue weighted by Gasteiger charge is 2.32. The van der Waals surface area contributed by atoms with Crippen LogP contribution in [0.5, 0.6) is 0 Å². The SMILES string of the molecule is NC(N)=NCCC[C@H]1CN(CC(=O)N[C@@H](CC(=O)O)C(=O)N[C@@H](Cc2ccc3ccccc3c2)C(=O)O)C(=O)N1. The molecular formula is C26H33N7O7. The summed E-state index contributed by atoms with van der Waals surface area (Å²) in [6.07, 6.45) is 0.337. The number of hydrogen-bond acceptors (Lipinski definition) is 6. The topological polar surface area (TPSA) is 230 Å². The van der Waals surface area contributed by atoms with Gasteiger partial charge >= 0.3 is 18.0 Å². The van der Waals surface area contributed by atoms with Crippen molar-refractivity contribution in [1.82, 2.24) is 20.9 Å². The van der Waals surface area contributed by atoms with Gasteiger partial charge < -0.3 is 42.5 Å². The molecule has 1 saturated heterocycles. The van der Waals surface area contributed by atoms with Crippen LogP contribution in [-0.2, 0) is 25.6 Å². The quantitative estimate of drug-likeness (QED) is 0.0891. The van der Waals surface area contributed by atoms with Crippen LogP contribution in [0, 0.1) is 0 Å². The summed E-state index contributed by atoms with van der Waals surface area (Å²) in [6.45, 7) is 0.190. The molecule has 1 fully saturated rings. The second kappa shape index (κ2) is 13.8.